The van der Waals surface area contributed by atoms with Gasteiger partial charge in [-0.1, -0.05) is 53.6 Å². The molecule has 2 aliphatic rings. The van der Waals surface area contributed by atoms with E-state index in [0.717, 1.165) is 47.0 Å². The van der Waals surface area contributed by atoms with E-state index in [9.17, 15) is 20.0 Å². The number of halogens is 1. The minimum Gasteiger partial charge on any atom is -0.396 e. The number of nitro benzene ring substituents is 1. The molecule has 0 saturated heterocycles. The van der Waals surface area contributed by atoms with Crippen molar-refractivity contribution in [3.05, 3.63) is 109 Å². The van der Waals surface area contributed by atoms with Crippen molar-refractivity contribution in [2.75, 3.05) is 20.3 Å². The summed E-state index contributed by atoms with van der Waals surface area (Å²) in [5.74, 6) is 0. The molecule has 2 aromatic carbocycles. The topological polar surface area (TPSA) is 92.9 Å². The van der Waals surface area contributed by atoms with E-state index in [1.807, 2.05) is 63.4 Å². The third-order valence-electron chi connectivity index (χ3n) is 8.20. The van der Waals surface area contributed by atoms with Crippen molar-refractivity contribution in [1.82, 2.24) is 4.90 Å². The number of hydrogen-bond acceptors (Lipinski definition) is 6. The van der Waals surface area contributed by atoms with Crippen LogP contribution in [-0.4, -0.2) is 47.2 Å². The van der Waals surface area contributed by atoms with Crippen LogP contribution in [0.25, 0.3) is 0 Å². The van der Waals surface area contributed by atoms with Crippen LogP contribution < -0.4 is 0 Å². The Morgan fingerprint density at radius 3 is 2.52 bits per heavy atom. The number of nitrogens with zero attached hydrogens (tertiary/aromatic N) is 2. The molecular weight excluding hydrogens is 528 g/mol. The number of allylic oxidation sites excluding steroid dienone is 4. The van der Waals surface area contributed by atoms with Crippen LogP contribution in [0.4, 0.5) is 5.69 Å². The summed E-state index contributed by atoms with van der Waals surface area (Å²) < 4.78 is 7.07. The maximum atomic E-state index is 12.5. The van der Waals surface area contributed by atoms with E-state index < -0.39 is 10.6 Å². The van der Waals surface area contributed by atoms with Gasteiger partial charge in [0.2, 0.25) is 0 Å². The van der Waals surface area contributed by atoms with Crippen molar-refractivity contribution >= 4 is 23.6 Å². The molecule has 0 bridgehead atoms. The van der Waals surface area contributed by atoms with Crippen molar-refractivity contribution in [1.29, 1.82) is 0 Å². The molecule has 1 atom stereocenters. The fourth-order valence-corrected chi connectivity index (χ4v) is 5.67. The molecule has 0 aliphatic heterocycles. The highest BCUT2D eigenvalue weighted by Crippen LogP contribution is 2.51. The molecule has 2 aromatic rings. The van der Waals surface area contributed by atoms with E-state index in [4.69, 9.17) is 16.3 Å². The third-order valence-corrected chi connectivity index (χ3v) is 8.46. The standard InChI is InChI=1S/C32H37ClN2O5/c1-23-6-4-5-7-27(21-37)30(23)32(19-25-8-11-28(33)12-9-25,40-22-31(14-15-31)16-17-36)34(3)20-26-10-13-29(35(38)39)18-24(26)2/h4-5,7-13,18,21,36H,6,14-17,19-20,22H2,1-3H3. The summed E-state index contributed by atoms with van der Waals surface area (Å²) in [4.78, 5) is 25.6. The lowest BCUT2D eigenvalue weighted by molar-refractivity contribution is -0.384. The van der Waals surface area contributed by atoms with E-state index in [1.165, 1.54) is 6.07 Å². The summed E-state index contributed by atoms with van der Waals surface area (Å²) in [5.41, 5.74) is 4.04. The van der Waals surface area contributed by atoms with Gasteiger partial charge in [0.1, 0.15) is 6.29 Å². The van der Waals surface area contributed by atoms with Crippen LogP contribution in [0.1, 0.15) is 49.3 Å². The highest BCUT2D eigenvalue weighted by Gasteiger charge is 2.48. The zero-order chi connectivity index (χ0) is 28.9. The molecule has 1 N–H and O–H groups in total. The molecular formula is C32H37ClN2O5. The first-order valence-corrected chi connectivity index (χ1v) is 14.0. The summed E-state index contributed by atoms with van der Waals surface area (Å²) in [7, 11) is 1.98. The highest BCUT2D eigenvalue weighted by molar-refractivity contribution is 6.30. The average Bonchev–Trinajstić information content (AvgIpc) is 3.72. The number of carbonyl (C=O) groups is 1. The fourth-order valence-electron chi connectivity index (χ4n) is 5.54. The number of nitro groups is 1. The molecule has 2 aliphatic carbocycles. The molecule has 1 fully saturated rings. The van der Waals surface area contributed by atoms with Gasteiger partial charge in [-0.05, 0) is 80.8 Å². The van der Waals surface area contributed by atoms with E-state index in [-0.39, 0.29) is 17.7 Å². The third kappa shape index (κ3) is 6.61. The smallest absolute Gasteiger partial charge is 0.269 e. The lowest BCUT2D eigenvalue weighted by Crippen LogP contribution is -2.53. The SMILES string of the molecule is CC1=C(C(Cc2ccc(Cl)cc2)(OCC2(CCO)CC2)N(C)Cc2ccc([N+](=O)[O-])cc2C)C(C=O)=CC=CC1. The number of hydrogen-bond donors (Lipinski definition) is 1. The molecule has 0 amide bonds. The number of likely N-dealkylation sites (N-methyl/N-ethyl adjacent to an activating group) is 1. The van der Waals surface area contributed by atoms with Gasteiger partial charge >= 0.3 is 0 Å². The highest BCUT2D eigenvalue weighted by atomic mass is 35.5. The number of aldehydes is 1. The second-order valence-corrected chi connectivity index (χ2v) is 11.5. The number of non-ortho nitro benzene ring substituents is 1. The van der Waals surface area contributed by atoms with E-state index in [0.29, 0.717) is 43.0 Å². The first-order chi connectivity index (χ1) is 19.1. The van der Waals surface area contributed by atoms with Gasteiger partial charge in [0.25, 0.3) is 5.69 Å². The molecule has 7 nitrogen and oxygen atoms in total. The number of ether oxygens (including phenoxy) is 1. The molecule has 0 spiro atoms. The van der Waals surface area contributed by atoms with Crippen LogP contribution in [0.3, 0.4) is 0 Å². The number of benzene rings is 2. The summed E-state index contributed by atoms with van der Waals surface area (Å²) in [6.45, 7) is 4.86. The second-order valence-electron chi connectivity index (χ2n) is 11.1. The van der Waals surface area contributed by atoms with Crippen molar-refractivity contribution in [2.24, 2.45) is 5.41 Å². The molecule has 4 rings (SSSR count). The Labute approximate surface area is 240 Å². The lowest BCUT2D eigenvalue weighted by atomic mass is 9.84. The van der Waals surface area contributed by atoms with Crippen LogP contribution >= 0.6 is 11.6 Å². The van der Waals surface area contributed by atoms with Gasteiger partial charge in [-0.3, -0.25) is 19.8 Å². The maximum Gasteiger partial charge on any atom is 0.269 e. The van der Waals surface area contributed by atoms with Crippen LogP contribution in [-0.2, 0) is 22.5 Å². The van der Waals surface area contributed by atoms with Gasteiger partial charge in [-0.2, -0.15) is 0 Å². The summed E-state index contributed by atoms with van der Waals surface area (Å²) in [6, 6.07) is 12.5. The predicted molar refractivity (Wildman–Crippen MR) is 157 cm³/mol. The van der Waals surface area contributed by atoms with Crippen LogP contribution in [0.5, 0.6) is 0 Å². The Morgan fingerprint density at radius 1 is 1.20 bits per heavy atom. The number of aliphatic hydroxyl groups excluding tert-OH is 1. The number of rotatable bonds is 13. The second kappa shape index (κ2) is 12.6. The molecule has 8 heteroatoms. The van der Waals surface area contributed by atoms with Crippen LogP contribution in [0.15, 0.2) is 77.4 Å². The van der Waals surface area contributed by atoms with Gasteiger partial charge in [-0.25, -0.2) is 0 Å². The zero-order valence-corrected chi connectivity index (χ0v) is 24.1. The summed E-state index contributed by atoms with van der Waals surface area (Å²) in [6.07, 6.45) is 10.4. The maximum absolute atomic E-state index is 12.5. The Balaban J connectivity index is 1.86. The quantitative estimate of drug-likeness (QED) is 0.129. The Hall–Kier alpha value is -3.10. The Bertz CT molecular complexity index is 1340. The van der Waals surface area contributed by atoms with Gasteiger partial charge in [0.05, 0.1) is 11.5 Å². The van der Waals surface area contributed by atoms with Crippen LogP contribution in [0.2, 0.25) is 5.02 Å². The zero-order valence-electron chi connectivity index (χ0n) is 23.4. The van der Waals surface area contributed by atoms with Crippen molar-refractivity contribution in [2.45, 2.75) is 58.2 Å². The van der Waals surface area contributed by atoms with E-state index in [2.05, 4.69) is 4.90 Å². The molecule has 0 aromatic heterocycles. The van der Waals surface area contributed by atoms with Crippen molar-refractivity contribution in [3.8, 4) is 0 Å². The molecule has 1 saturated carbocycles. The fraction of sp³-hybridized carbons (Fsp3) is 0.406. The monoisotopic (exact) mass is 564 g/mol. The number of carbonyl (C=O) groups excluding carboxylic acids is 1. The van der Waals surface area contributed by atoms with Gasteiger partial charge in [-0.15, -0.1) is 0 Å². The normalized spacial score (nSPS) is 17.8. The molecule has 40 heavy (non-hydrogen) atoms. The first kappa shape index (κ1) is 29.9. The number of aliphatic hydroxyl groups is 1. The molecule has 0 radical (unpaired) electrons. The Kier molecular flexibility index (Phi) is 9.41. The van der Waals surface area contributed by atoms with Gasteiger partial charge < -0.3 is 9.84 Å². The molecule has 0 heterocycles. The molecule has 212 valence electrons. The van der Waals surface area contributed by atoms with Gasteiger partial charge in [0.15, 0.2) is 5.72 Å². The Morgan fingerprint density at radius 2 is 1.93 bits per heavy atom. The summed E-state index contributed by atoms with van der Waals surface area (Å²) in [5, 5.41) is 21.7. The lowest BCUT2D eigenvalue weighted by Gasteiger charge is -2.45. The van der Waals surface area contributed by atoms with E-state index >= 15 is 0 Å². The van der Waals surface area contributed by atoms with Crippen LogP contribution in [0, 0.1) is 22.5 Å². The molecule has 1 unspecified atom stereocenters. The van der Waals surface area contributed by atoms with E-state index in [1.54, 1.807) is 12.1 Å². The van der Waals surface area contributed by atoms with Gasteiger partial charge in [0, 0.05) is 47.9 Å². The predicted octanol–water partition coefficient (Wildman–Crippen LogP) is 6.51. The first-order valence-electron chi connectivity index (χ1n) is 13.6. The minimum absolute atomic E-state index is 0.0480. The summed E-state index contributed by atoms with van der Waals surface area (Å²) >= 11 is 6.22. The number of aryl methyl sites for hydroxylation is 1. The van der Waals surface area contributed by atoms with Crippen molar-refractivity contribution < 1.29 is 19.6 Å². The minimum atomic E-state index is -1.05. The van der Waals surface area contributed by atoms with Crippen molar-refractivity contribution in [3.63, 3.8) is 0 Å². The average molecular weight is 565 g/mol. The largest absolute Gasteiger partial charge is 0.396 e.